The first-order valence-electron chi connectivity index (χ1n) is 37.4. The quantitative estimate of drug-likeness (QED) is 0.0222. The van der Waals surface area contributed by atoms with E-state index in [1.807, 2.05) is 0 Å². The van der Waals surface area contributed by atoms with E-state index in [4.69, 9.17) is 37.0 Å². The number of ether oxygens (including phenoxy) is 4. The largest absolute Gasteiger partial charge is 0.472 e. The molecule has 0 saturated carbocycles. The van der Waals surface area contributed by atoms with Gasteiger partial charge in [0.05, 0.1) is 26.4 Å². The van der Waals surface area contributed by atoms with E-state index in [1.165, 1.54) is 161 Å². The predicted molar refractivity (Wildman–Crippen MR) is 368 cm³/mol. The summed E-state index contributed by atoms with van der Waals surface area (Å²) < 4.78 is 68.2. The third kappa shape index (κ3) is 65.1. The number of aliphatic hydroxyl groups is 1. The fraction of sp³-hybridized carbons (Fsp3) is 0.944. The highest BCUT2D eigenvalue weighted by molar-refractivity contribution is 7.47. The SMILES string of the molecule is CCCCCCCCCC(=O)OC[C@H](COP(=O)(O)OC[C@H](O)COP(=O)(O)OC[C@@H](COC(=O)CCCCCCCCCCC(C)CC)OC(=O)CCCCCCCCCCCCCCCCCCCCC(C)C)OC(=O)CCCCCCCCCCC(C)C. The standard InChI is InChI=1S/C72H140O17P2/c1-8-10-11-12-29-39-46-53-69(74)82-59-67(89-72(77)56-49-42-35-27-25-31-37-44-51-64(5)6)61-86-90(78,79)84-57-66(73)58-85-91(80,81)87-62-68(60-83-70(75)54-47-40-33-28-26-32-38-45-52-65(7)9-2)88-71(76)55-48-41-34-24-22-20-18-16-14-13-15-17-19-21-23-30-36-43-50-63(3)4/h63-68,73H,8-62H2,1-7H3,(H,78,79)(H,80,81)/t65?,66-,67+,68+/m0/s1. The molecule has 0 radical (unpaired) electrons. The molecule has 3 unspecified atom stereocenters. The number of rotatable bonds is 70. The van der Waals surface area contributed by atoms with Crippen LogP contribution in [0.5, 0.6) is 0 Å². The summed E-state index contributed by atoms with van der Waals surface area (Å²) in [6.45, 7) is 11.8. The number of esters is 4. The second-order valence-corrected chi connectivity index (χ2v) is 30.1. The Morgan fingerprint density at radius 1 is 0.319 bits per heavy atom. The summed E-state index contributed by atoms with van der Waals surface area (Å²) in [4.78, 5) is 72.4. The van der Waals surface area contributed by atoms with Crippen LogP contribution in [0.25, 0.3) is 0 Å². The van der Waals surface area contributed by atoms with Gasteiger partial charge in [-0.25, -0.2) is 9.13 Å². The smallest absolute Gasteiger partial charge is 0.462 e. The van der Waals surface area contributed by atoms with Crippen LogP contribution in [0, 0.1) is 17.8 Å². The highest BCUT2D eigenvalue weighted by Crippen LogP contribution is 2.45. The molecule has 0 amide bonds. The van der Waals surface area contributed by atoms with Gasteiger partial charge in [0.1, 0.15) is 19.3 Å². The Labute approximate surface area is 556 Å². The number of aliphatic hydroxyl groups excluding tert-OH is 1. The Bertz CT molecular complexity index is 1790. The second kappa shape index (κ2) is 62.8. The van der Waals surface area contributed by atoms with Gasteiger partial charge in [-0.1, -0.05) is 312 Å². The van der Waals surface area contributed by atoms with E-state index in [2.05, 4.69) is 48.5 Å². The van der Waals surface area contributed by atoms with Gasteiger partial charge in [-0.15, -0.1) is 0 Å². The summed E-state index contributed by atoms with van der Waals surface area (Å²) >= 11 is 0. The van der Waals surface area contributed by atoms with Crippen LogP contribution in [0.2, 0.25) is 0 Å². The van der Waals surface area contributed by atoms with E-state index in [0.29, 0.717) is 25.7 Å². The fourth-order valence-electron chi connectivity index (χ4n) is 10.9. The van der Waals surface area contributed by atoms with Crippen LogP contribution in [0.1, 0.15) is 363 Å². The highest BCUT2D eigenvalue weighted by Gasteiger charge is 2.30. The van der Waals surface area contributed by atoms with Crippen molar-refractivity contribution in [1.29, 1.82) is 0 Å². The molecule has 91 heavy (non-hydrogen) atoms. The van der Waals surface area contributed by atoms with Crippen molar-refractivity contribution in [3.05, 3.63) is 0 Å². The van der Waals surface area contributed by atoms with Gasteiger partial charge in [-0.05, 0) is 43.4 Å². The van der Waals surface area contributed by atoms with E-state index in [9.17, 15) is 43.2 Å². The van der Waals surface area contributed by atoms with Crippen molar-refractivity contribution in [2.75, 3.05) is 39.6 Å². The molecule has 540 valence electrons. The van der Waals surface area contributed by atoms with E-state index in [-0.39, 0.29) is 25.7 Å². The fourth-order valence-corrected chi connectivity index (χ4v) is 12.4. The molecule has 0 aromatic carbocycles. The zero-order valence-electron chi connectivity index (χ0n) is 59.3. The van der Waals surface area contributed by atoms with Gasteiger partial charge < -0.3 is 33.8 Å². The lowest BCUT2D eigenvalue weighted by atomic mass is 9.99. The molecule has 6 atom stereocenters. The van der Waals surface area contributed by atoms with Gasteiger partial charge in [0.25, 0.3) is 0 Å². The van der Waals surface area contributed by atoms with E-state index < -0.39 is 97.5 Å². The Morgan fingerprint density at radius 2 is 0.560 bits per heavy atom. The molecular weight excluding hydrogens is 1200 g/mol. The Hall–Kier alpha value is -1.94. The maximum atomic E-state index is 13.0. The molecule has 0 saturated heterocycles. The van der Waals surface area contributed by atoms with Gasteiger partial charge in [0.15, 0.2) is 12.2 Å². The van der Waals surface area contributed by atoms with Crippen LogP contribution in [-0.4, -0.2) is 96.7 Å². The zero-order valence-corrected chi connectivity index (χ0v) is 61.1. The average molecular weight is 1340 g/mol. The Kier molecular flexibility index (Phi) is 61.5. The number of phosphoric acid groups is 2. The molecule has 0 spiro atoms. The molecule has 0 rings (SSSR count). The van der Waals surface area contributed by atoms with Crippen molar-refractivity contribution >= 4 is 39.5 Å². The topological polar surface area (TPSA) is 237 Å². The molecule has 3 N–H and O–H groups in total. The number of hydrogen-bond donors (Lipinski definition) is 3. The highest BCUT2D eigenvalue weighted by atomic mass is 31.2. The van der Waals surface area contributed by atoms with Crippen LogP contribution < -0.4 is 0 Å². The van der Waals surface area contributed by atoms with Crippen molar-refractivity contribution in [1.82, 2.24) is 0 Å². The molecular formula is C72H140O17P2. The number of hydrogen-bond acceptors (Lipinski definition) is 15. The number of carbonyl (C=O) groups excluding carboxylic acids is 4. The summed E-state index contributed by atoms with van der Waals surface area (Å²) in [6.07, 6.45) is 47.5. The lowest BCUT2D eigenvalue weighted by molar-refractivity contribution is -0.161. The minimum atomic E-state index is -4.95. The third-order valence-electron chi connectivity index (χ3n) is 17.0. The molecule has 0 aliphatic heterocycles. The molecule has 17 nitrogen and oxygen atoms in total. The van der Waals surface area contributed by atoms with Crippen molar-refractivity contribution in [3.63, 3.8) is 0 Å². The maximum absolute atomic E-state index is 13.0. The summed E-state index contributed by atoms with van der Waals surface area (Å²) in [5.74, 6) is 0.186. The molecule has 0 aromatic rings. The molecule has 0 heterocycles. The van der Waals surface area contributed by atoms with Crippen LogP contribution in [0.15, 0.2) is 0 Å². The molecule has 0 fully saturated rings. The van der Waals surface area contributed by atoms with Gasteiger partial charge >= 0.3 is 39.5 Å². The molecule has 19 heteroatoms. The van der Waals surface area contributed by atoms with E-state index >= 15 is 0 Å². The van der Waals surface area contributed by atoms with Gasteiger partial charge in [-0.3, -0.25) is 37.3 Å². The summed E-state index contributed by atoms with van der Waals surface area (Å²) in [6, 6.07) is 0. The molecule has 0 bridgehead atoms. The number of phosphoric ester groups is 2. The first kappa shape index (κ1) is 89.1. The molecule has 0 aliphatic carbocycles. The van der Waals surface area contributed by atoms with Gasteiger partial charge in [0, 0.05) is 25.7 Å². The van der Waals surface area contributed by atoms with Crippen LogP contribution in [0.3, 0.4) is 0 Å². The summed E-state index contributed by atoms with van der Waals surface area (Å²) in [7, 11) is -9.90. The van der Waals surface area contributed by atoms with Crippen LogP contribution in [-0.2, 0) is 65.4 Å². The lowest BCUT2D eigenvalue weighted by Crippen LogP contribution is -2.30. The Balaban J connectivity index is 5.15. The monoisotopic (exact) mass is 1340 g/mol. The van der Waals surface area contributed by atoms with E-state index in [0.717, 1.165) is 120 Å². The zero-order chi connectivity index (χ0) is 67.3. The average Bonchev–Trinajstić information content (AvgIpc) is 3.72. The predicted octanol–water partition coefficient (Wildman–Crippen LogP) is 20.6. The first-order valence-corrected chi connectivity index (χ1v) is 40.4. The van der Waals surface area contributed by atoms with Crippen molar-refractivity contribution in [2.45, 2.75) is 381 Å². The first-order chi connectivity index (χ1) is 43.8. The third-order valence-corrected chi connectivity index (χ3v) is 18.9. The number of unbranched alkanes of at least 4 members (excludes halogenated alkanes) is 37. The van der Waals surface area contributed by atoms with Gasteiger partial charge in [0.2, 0.25) is 0 Å². The molecule has 0 aliphatic rings. The van der Waals surface area contributed by atoms with Crippen LogP contribution >= 0.6 is 15.6 Å². The normalized spacial score (nSPS) is 14.5. The maximum Gasteiger partial charge on any atom is 0.472 e. The van der Waals surface area contributed by atoms with Crippen molar-refractivity contribution in [3.8, 4) is 0 Å². The summed E-state index contributed by atoms with van der Waals surface area (Å²) in [5, 5.41) is 10.6. The van der Waals surface area contributed by atoms with Crippen LogP contribution in [0.4, 0.5) is 0 Å². The Morgan fingerprint density at radius 3 is 0.835 bits per heavy atom. The van der Waals surface area contributed by atoms with E-state index in [1.54, 1.807) is 0 Å². The number of carbonyl (C=O) groups is 4. The molecule has 0 aromatic heterocycles. The van der Waals surface area contributed by atoms with Crippen molar-refractivity contribution < 1.29 is 80.2 Å². The van der Waals surface area contributed by atoms with Gasteiger partial charge in [-0.2, -0.15) is 0 Å². The minimum Gasteiger partial charge on any atom is -0.462 e. The lowest BCUT2D eigenvalue weighted by Gasteiger charge is -2.21. The van der Waals surface area contributed by atoms with Crippen molar-refractivity contribution in [2.24, 2.45) is 17.8 Å². The minimum absolute atomic E-state index is 0.104. The summed E-state index contributed by atoms with van der Waals surface area (Å²) in [5.41, 5.74) is 0. The second-order valence-electron chi connectivity index (χ2n) is 27.2.